The first-order chi connectivity index (χ1) is 12.3. The lowest BCUT2D eigenvalue weighted by molar-refractivity contribution is -0.113. The summed E-state index contributed by atoms with van der Waals surface area (Å²) in [6, 6.07) is 20.5. The molecule has 0 saturated heterocycles. The van der Waals surface area contributed by atoms with E-state index in [4.69, 9.17) is 4.52 Å². The van der Waals surface area contributed by atoms with Crippen LogP contribution in [0.15, 0.2) is 60.7 Å². The summed E-state index contributed by atoms with van der Waals surface area (Å²) in [4.78, 5) is 11.6. The van der Waals surface area contributed by atoms with Crippen LogP contribution < -0.4 is 10.6 Å². The van der Waals surface area contributed by atoms with Crippen LogP contribution in [0.4, 0.5) is 0 Å². The third-order valence-corrected chi connectivity index (χ3v) is 6.23. The molecule has 0 heterocycles. The van der Waals surface area contributed by atoms with Crippen molar-refractivity contribution in [2.75, 3.05) is 0 Å². The molecule has 0 aromatic heterocycles. The Bertz CT molecular complexity index is 546. The molecule has 2 aromatic carbocycles. The Morgan fingerprint density at radius 2 is 1.36 bits per heavy atom. The van der Waals surface area contributed by atoms with Crippen LogP contribution in [0.5, 0.6) is 0 Å². The van der Waals surface area contributed by atoms with E-state index >= 15 is 0 Å². The molecule has 134 valence electrons. The van der Waals surface area contributed by atoms with Gasteiger partial charge in [0.25, 0.3) is 0 Å². The van der Waals surface area contributed by atoms with Gasteiger partial charge in [-0.15, -0.1) is 0 Å². The number of rotatable bonds is 12. The van der Waals surface area contributed by atoms with Gasteiger partial charge in [-0.2, -0.15) is 0 Å². The molecular formula is C22H29O2P. The largest absolute Gasteiger partial charge is 0.339 e. The van der Waals surface area contributed by atoms with Gasteiger partial charge in [-0.3, -0.25) is 0 Å². The minimum Gasteiger partial charge on any atom is -0.339 e. The third kappa shape index (κ3) is 7.10. The number of benzene rings is 2. The summed E-state index contributed by atoms with van der Waals surface area (Å²) in [5, 5.41) is 2.30. The highest BCUT2D eigenvalue weighted by Gasteiger charge is 2.20. The second-order valence-electron chi connectivity index (χ2n) is 6.30. The van der Waals surface area contributed by atoms with Gasteiger partial charge in [-0.05, 0) is 6.42 Å². The minimum atomic E-state index is -0.958. The maximum absolute atomic E-state index is 11.6. The molecule has 2 nitrogen and oxygen atoms in total. The van der Waals surface area contributed by atoms with E-state index in [-0.39, 0.29) is 6.10 Å². The third-order valence-electron chi connectivity index (χ3n) is 4.22. The summed E-state index contributed by atoms with van der Waals surface area (Å²) in [5.74, 6) is 0. The zero-order valence-electron chi connectivity index (χ0n) is 15.1. The summed E-state index contributed by atoms with van der Waals surface area (Å²) in [7, 11) is -0.958. The number of aldehydes is 1. The average molecular weight is 356 g/mol. The molecule has 0 unspecified atom stereocenters. The lowest BCUT2D eigenvalue weighted by Crippen LogP contribution is -2.20. The summed E-state index contributed by atoms with van der Waals surface area (Å²) < 4.78 is 6.30. The van der Waals surface area contributed by atoms with Crippen LogP contribution in [-0.2, 0) is 9.32 Å². The smallest absolute Gasteiger partial charge is 0.149 e. The van der Waals surface area contributed by atoms with Gasteiger partial charge in [0.2, 0.25) is 0 Å². The molecule has 0 aliphatic heterocycles. The van der Waals surface area contributed by atoms with Crippen molar-refractivity contribution >= 4 is 25.0 Å². The Morgan fingerprint density at radius 3 is 1.88 bits per heavy atom. The minimum absolute atomic E-state index is 0.322. The fourth-order valence-corrected chi connectivity index (χ4v) is 4.66. The molecule has 0 fully saturated rings. The van der Waals surface area contributed by atoms with Gasteiger partial charge in [0, 0.05) is 10.6 Å². The SMILES string of the molecule is CCCCCCCC[C@@H](C=O)OP(c1ccccc1)c1ccccc1. The first kappa shape index (κ1) is 19.8. The van der Waals surface area contributed by atoms with Crippen molar-refractivity contribution in [3.8, 4) is 0 Å². The first-order valence-corrected chi connectivity index (χ1v) is 10.6. The fraction of sp³-hybridized carbons (Fsp3) is 0.409. The molecule has 0 bridgehead atoms. The molecule has 0 aliphatic carbocycles. The van der Waals surface area contributed by atoms with Crippen LogP contribution in [0.25, 0.3) is 0 Å². The van der Waals surface area contributed by atoms with Crippen LogP contribution in [0.2, 0.25) is 0 Å². The number of carbonyl (C=O) groups is 1. The van der Waals surface area contributed by atoms with Gasteiger partial charge in [-0.25, -0.2) is 0 Å². The van der Waals surface area contributed by atoms with Gasteiger partial charge in [0.1, 0.15) is 12.4 Å². The van der Waals surface area contributed by atoms with Crippen molar-refractivity contribution in [1.29, 1.82) is 0 Å². The zero-order valence-corrected chi connectivity index (χ0v) is 16.0. The van der Waals surface area contributed by atoms with E-state index in [1.165, 1.54) is 32.1 Å². The van der Waals surface area contributed by atoms with Crippen molar-refractivity contribution < 1.29 is 9.32 Å². The van der Waals surface area contributed by atoms with Crippen molar-refractivity contribution in [3.63, 3.8) is 0 Å². The maximum atomic E-state index is 11.6. The van der Waals surface area contributed by atoms with E-state index in [0.29, 0.717) is 0 Å². The summed E-state index contributed by atoms with van der Waals surface area (Å²) in [5.41, 5.74) is 0. The Balaban J connectivity index is 1.96. The van der Waals surface area contributed by atoms with E-state index in [0.717, 1.165) is 29.7 Å². The van der Waals surface area contributed by atoms with Gasteiger partial charge in [-0.1, -0.05) is 106 Å². The second-order valence-corrected chi connectivity index (χ2v) is 8.13. The van der Waals surface area contributed by atoms with E-state index < -0.39 is 8.15 Å². The Kier molecular flexibility index (Phi) is 9.47. The van der Waals surface area contributed by atoms with Crippen molar-refractivity contribution in [3.05, 3.63) is 60.7 Å². The summed E-state index contributed by atoms with van der Waals surface area (Å²) in [6.07, 6.45) is 8.83. The van der Waals surface area contributed by atoms with Crippen molar-refractivity contribution in [2.45, 2.75) is 58.0 Å². The number of unbranched alkanes of at least 4 members (excludes halogenated alkanes) is 5. The van der Waals surface area contributed by atoms with Gasteiger partial charge < -0.3 is 9.32 Å². The molecule has 25 heavy (non-hydrogen) atoms. The molecule has 2 rings (SSSR count). The molecular weight excluding hydrogens is 327 g/mol. The van der Waals surface area contributed by atoms with Gasteiger partial charge in [0.15, 0.2) is 0 Å². The highest BCUT2D eigenvalue weighted by atomic mass is 31.1. The molecule has 3 heteroatoms. The van der Waals surface area contributed by atoms with E-state index in [1.807, 2.05) is 36.4 Å². The predicted octanol–water partition coefficient (Wildman–Crippen LogP) is 5.37. The molecule has 2 aromatic rings. The normalized spacial score (nSPS) is 12.2. The number of hydrogen-bond donors (Lipinski definition) is 0. The highest BCUT2D eigenvalue weighted by Crippen LogP contribution is 2.37. The molecule has 0 spiro atoms. The standard InChI is InChI=1S/C22H29O2P/c1-2-3-4-5-6-9-14-20(19-23)24-25(21-15-10-7-11-16-21)22-17-12-8-13-18-22/h7-8,10-13,15-20H,2-6,9,14H2,1H3/t20-/m0/s1. The number of hydrogen-bond acceptors (Lipinski definition) is 2. The molecule has 0 aliphatic rings. The molecule has 0 radical (unpaired) electrons. The molecule has 1 atom stereocenters. The van der Waals surface area contributed by atoms with Crippen LogP contribution in [0.3, 0.4) is 0 Å². The summed E-state index contributed by atoms with van der Waals surface area (Å²) in [6.45, 7) is 2.23. The van der Waals surface area contributed by atoms with Gasteiger partial charge in [0.05, 0.1) is 8.15 Å². The lowest BCUT2D eigenvalue weighted by atomic mass is 10.1. The van der Waals surface area contributed by atoms with Crippen LogP contribution in [0, 0.1) is 0 Å². The Labute approximate surface area is 153 Å². The van der Waals surface area contributed by atoms with Crippen molar-refractivity contribution in [1.82, 2.24) is 0 Å². The van der Waals surface area contributed by atoms with Crippen LogP contribution in [-0.4, -0.2) is 12.4 Å². The van der Waals surface area contributed by atoms with Crippen LogP contribution >= 0.6 is 8.15 Å². The van der Waals surface area contributed by atoms with E-state index in [9.17, 15) is 4.79 Å². The van der Waals surface area contributed by atoms with Crippen LogP contribution in [0.1, 0.15) is 51.9 Å². The fourth-order valence-electron chi connectivity index (χ4n) is 2.80. The summed E-state index contributed by atoms with van der Waals surface area (Å²) >= 11 is 0. The number of carbonyl (C=O) groups excluding carboxylic acids is 1. The van der Waals surface area contributed by atoms with Crippen molar-refractivity contribution in [2.24, 2.45) is 0 Å². The molecule has 0 N–H and O–H groups in total. The second kappa shape index (κ2) is 12.0. The Morgan fingerprint density at radius 1 is 0.840 bits per heavy atom. The maximum Gasteiger partial charge on any atom is 0.149 e. The average Bonchev–Trinajstić information content (AvgIpc) is 2.68. The quantitative estimate of drug-likeness (QED) is 0.290. The zero-order chi connectivity index (χ0) is 17.7. The predicted molar refractivity (Wildman–Crippen MR) is 108 cm³/mol. The highest BCUT2D eigenvalue weighted by molar-refractivity contribution is 7.68. The monoisotopic (exact) mass is 356 g/mol. The molecule has 0 saturated carbocycles. The Hall–Kier alpha value is -1.50. The first-order valence-electron chi connectivity index (χ1n) is 9.37. The molecule has 0 amide bonds. The topological polar surface area (TPSA) is 26.3 Å². The van der Waals surface area contributed by atoms with E-state index in [1.54, 1.807) is 0 Å². The lowest BCUT2D eigenvalue weighted by Gasteiger charge is -2.22. The van der Waals surface area contributed by atoms with Gasteiger partial charge >= 0.3 is 0 Å². The van der Waals surface area contributed by atoms with E-state index in [2.05, 4.69) is 31.2 Å².